The van der Waals surface area contributed by atoms with E-state index in [0.29, 0.717) is 17.9 Å². The van der Waals surface area contributed by atoms with E-state index in [9.17, 15) is 4.79 Å². The Bertz CT molecular complexity index is 313. The van der Waals surface area contributed by atoms with Crippen LogP contribution in [-0.4, -0.2) is 49.7 Å². The largest absolute Gasteiger partial charge is 0.381 e. The van der Waals surface area contributed by atoms with Crippen molar-refractivity contribution in [1.29, 1.82) is 0 Å². The van der Waals surface area contributed by atoms with Crippen LogP contribution in [-0.2, 0) is 9.53 Å². The lowest BCUT2D eigenvalue weighted by molar-refractivity contribution is -0.141. The van der Waals surface area contributed by atoms with E-state index >= 15 is 0 Å². The minimum absolute atomic E-state index is 0.392. The number of piperidine rings is 1. The van der Waals surface area contributed by atoms with Crippen LogP contribution >= 0.6 is 0 Å². The summed E-state index contributed by atoms with van der Waals surface area (Å²) >= 11 is 0. The Morgan fingerprint density at radius 3 is 3.11 bits per heavy atom. The number of nitrogens with zero attached hydrogens (tertiary/aromatic N) is 1. The monoisotopic (exact) mass is 266 g/mol. The lowest BCUT2D eigenvalue weighted by atomic mass is 9.86. The van der Waals surface area contributed by atoms with Crippen LogP contribution in [0, 0.1) is 11.8 Å². The molecule has 3 fully saturated rings. The molecule has 3 atom stereocenters. The highest BCUT2D eigenvalue weighted by Gasteiger charge is 2.36. The van der Waals surface area contributed by atoms with Crippen LogP contribution in [0.2, 0.25) is 0 Å². The smallest absolute Gasteiger partial charge is 0.222 e. The van der Waals surface area contributed by atoms with Gasteiger partial charge in [-0.2, -0.15) is 0 Å². The molecule has 0 saturated carbocycles. The summed E-state index contributed by atoms with van der Waals surface area (Å²) in [6.07, 6.45) is 6.49. The van der Waals surface area contributed by atoms with E-state index in [1.807, 2.05) is 0 Å². The molecule has 0 radical (unpaired) electrons. The van der Waals surface area contributed by atoms with Gasteiger partial charge in [-0.15, -0.1) is 0 Å². The maximum atomic E-state index is 12.5. The van der Waals surface area contributed by atoms with Gasteiger partial charge in [0, 0.05) is 31.5 Å². The molecule has 0 bridgehead atoms. The topological polar surface area (TPSA) is 41.6 Å². The van der Waals surface area contributed by atoms with Crippen molar-refractivity contribution in [2.24, 2.45) is 11.8 Å². The van der Waals surface area contributed by atoms with Gasteiger partial charge >= 0.3 is 0 Å². The van der Waals surface area contributed by atoms with Crippen molar-refractivity contribution in [3.8, 4) is 0 Å². The Morgan fingerprint density at radius 2 is 2.26 bits per heavy atom. The summed E-state index contributed by atoms with van der Waals surface area (Å²) in [6.45, 7) is 4.90. The molecule has 4 heteroatoms. The van der Waals surface area contributed by atoms with Crippen molar-refractivity contribution in [2.75, 3.05) is 32.8 Å². The van der Waals surface area contributed by atoms with Gasteiger partial charge in [0.05, 0.1) is 6.61 Å². The molecule has 108 valence electrons. The van der Waals surface area contributed by atoms with Crippen molar-refractivity contribution in [2.45, 2.75) is 44.6 Å². The van der Waals surface area contributed by atoms with Crippen molar-refractivity contribution >= 4 is 5.91 Å². The van der Waals surface area contributed by atoms with E-state index in [4.69, 9.17) is 4.74 Å². The molecule has 0 aromatic heterocycles. The second-order valence-electron chi connectivity index (χ2n) is 6.32. The quantitative estimate of drug-likeness (QED) is 0.839. The van der Waals surface area contributed by atoms with Crippen LogP contribution in [0.3, 0.4) is 0 Å². The second-order valence-corrected chi connectivity index (χ2v) is 6.32. The van der Waals surface area contributed by atoms with Gasteiger partial charge in [0.2, 0.25) is 5.91 Å². The third kappa shape index (κ3) is 3.11. The third-order valence-electron chi connectivity index (χ3n) is 5.06. The first-order valence-electron chi connectivity index (χ1n) is 7.92. The first kappa shape index (κ1) is 13.4. The molecule has 3 saturated heterocycles. The number of amides is 1. The first-order valence-corrected chi connectivity index (χ1v) is 7.92. The molecule has 3 unspecified atom stereocenters. The van der Waals surface area contributed by atoms with Gasteiger partial charge in [-0.25, -0.2) is 0 Å². The lowest BCUT2D eigenvalue weighted by Crippen LogP contribution is -2.52. The highest BCUT2D eigenvalue weighted by Crippen LogP contribution is 2.30. The Kier molecular flexibility index (Phi) is 4.38. The molecule has 3 aliphatic heterocycles. The molecular weight excluding hydrogens is 240 g/mol. The Balaban J connectivity index is 1.52. The highest BCUT2D eigenvalue weighted by molar-refractivity contribution is 5.76. The maximum absolute atomic E-state index is 12.5. The van der Waals surface area contributed by atoms with Crippen molar-refractivity contribution in [3.63, 3.8) is 0 Å². The Morgan fingerprint density at radius 1 is 1.32 bits per heavy atom. The van der Waals surface area contributed by atoms with Crippen LogP contribution in [0.1, 0.15) is 38.5 Å². The van der Waals surface area contributed by atoms with Gasteiger partial charge in [-0.05, 0) is 51.1 Å². The summed E-state index contributed by atoms with van der Waals surface area (Å²) in [6, 6.07) is 0.469. The van der Waals surface area contributed by atoms with Crippen LogP contribution < -0.4 is 5.32 Å². The van der Waals surface area contributed by atoms with Gasteiger partial charge in [0.1, 0.15) is 0 Å². The lowest BCUT2D eigenvalue weighted by Gasteiger charge is -2.44. The van der Waals surface area contributed by atoms with Gasteiger partial charge < -0.3 is 15.0 Å². The van der Waals surface area contributed by atoms with Gasteiger partial charge in [0.25, 0.3) is 0 Å². The van der Waals surface area contributed by atoms with Crippen molar-refractivity contribution < 1.29 is 9.53 Å². The molecule has 4 nitrogen and oxygen atoms in total. The molecule has 1 N–H and O–H groups in total. The Hall–Kier alpha value is -0.610. The SMILES string of the molecule is O=C(CCC1CCNC1)N1CCCC2COCCC21. The predicted octanol–water partition coefficient (Wildman–Crippen LogP) is 1.40. The number of fused-ring (bicyclic) bond motifs is 1. The molecule has 0 aliphatic carbocycles. The van der Waals surface area contributed by atoms with Crippen LogP contribution in [0.4, 0.5) is 0 Å². The number of carbonyl (C=O) groups excluding carboxylic acids is 1. The number of hydrogen-bond donors (Lipinski definition) is 1. The van der Waals surface area contributed by atoms with Crippen molar-refractivity contribution in [1.82, 2.24) is 10.2 Å². The van der Waals surface area contributed by atoms with E-state index in [2.05, 4.69) is 10.2 Å². The van der Waals surface area contributed by atoms with E-state index in [-0.39, 0.29) is 0 Å². The summed E-state index contributed by atoms with van der Waals surface area (Å²) in [4.78, 5) is 14.7. The minimum atomic E-state index is 0.392. The fraction of sp³-hybridized carbons (Fsp3) is 0.933. The number of nitrogens with one attached hydrogen (secondary N) is 1. The first-order chi connectivity index (χ1) is 9.34. The average molecular weight is 266 g/mol. The molecule has 0 aromatic rings. The number of rotatable bonds is 3. The maximum Gasteiger partial charge on any atom is 0.222 e. The zero-order chi connectivity index (χ0) is 13.1. The van der Waals surface area contributed by atoms with Crippen LogP contribution in [0.25, 0.3) is 0 Å². The zero-order valence-corrected chi connectivity index (χ0v) is 11.8. The number of carbonyl (C=O) groups is 1. The van der Waals surface area contributed by atoms with E-state index < -0.39 is 0 Å². The third-order valence-corrected chi connectivity index (χ3v) is 5.06. The van der Waals surface area contributed by atoms with Gasteiger partial charge in [0.15, 0.2) is 0 Å². The number of hydrogen-bond acceptors (Lipinski definition) is 3. The van der Waals surface area contributed by atoms with Crippen LogP contribution in [0.15, 0.2) is 0 Å². The van der Waals surface area contributed by atoms with Crippen LogP contribution in [0.5, 0.6) is 0 Å². The molecular formula is C15H26N2O2. The summed E-state index contributed by atoms with van der Waals surface area (Å²) in [7, 11) is 0. The summed E-state index contributed by atoms with van der Waals surface area (Å²) < 4.78 is 5.56. The number of likely N-dealkylation sites (tertiary alicyclic amines) is 1. The number of ether oxygens (including phenoxy) is 1. The fourth-order valence-corrected chi connectivity index (χ4v) is 3.90. The standard InChI is InChI=1S/C15H26N2O2/c18-15(4-3-12-5-7-16-10-12)17-8-1-2-13-11-19-9-6-14(13)17/h12-14,16H,1-11H2. The summed E-state index contributed by atoms with van der Waals surface area (Å²) in [5, 5.41) is 3.38. The normalized spacial score (nSPS) is 35.2. The Labute approximate surface area is 115 Å². The van der Waals surface area contributed by atoms with Gasteiger partial charge in [-0.3, -0.25) is 4.79 Å². The predicted molar refractivity (Wildman–Crippen MR) is 73.9 cm³/mol. The van der Waals surface area contributed by atoms with E-state index in [1.54, 1.807) is 0 Å². The molecule has 1 amide bonds. The van der Waals surface area contributed by atoms with Gasteiger partial charge in [-0.1, -0.05) is 0 Å². The highest BCUT2D eigenvalue weighted by atomic mass is 16.5. The fourth-order valence-electron chi connectivity index (χ4n) is 3.90. The molecule has 0 aromatic carbocycles. The summed E-state index contributed by atoms with van der Waals surface area (Å²) in [5.74, 6) is 1.71. The molecule has 0 spiro atoms. The molecule has 19 heavy (non-hydrogen) atoms. The second kappa shape index (κ2) is 6.23. The van der Waals surface area contributed by atoms with E-state index in [0.717, 1.165) is 64.4 Å². The van der Waals surface area contributed by atoms with E-state index in [1.165, 1.54) is 12.8 Å². The average Bonchev–Trinajstić information content (AvgIpc) is 2.97. The molecule has 3 aliphatic rings. The summed E-state index contributed by atoms with van der Waals surface area (Å²) in [5.41, 5.74) is 0. The van der Waals surface area contributed by atoms with Crippen molar-refractivity contribution in [3.05, 3.63) is 0 Å². The minimum Gasteiger partial charge on any atom is -0.381 e. The molecule has 3 heterocycles. The molecule has 3 rings (SSSR count). The zero-order valence-electron chi connectivity index (χ0n) is 11.8.